The van der Waals surface area contributed by atoms with Crippen LogP contribution in [0.25, 0.3) is 0 Å². The summed E-state index contributed by atoms with van der Waals surface area (Å²) in [5.41, 5.74) is 0.572. The molecular weight excluding hydrogens is 229 g/mol. The van der Waals surface area contributed by atoms with E-state index in [2.05, 4.69) is 0 Å². The van der Waals surface area contributed by atoms with Crippen molar-refractivity contribution in [2.45, 2.75) is 6.42 Å². The standard InChI is InChI=1S/C9H12BNO4S/c12-10(13)8-4-1-2-5-9(8)11-6-3-7-16(11,14)15/h1-2,4-5,12-13H,3,6-7H2. The van der Waals surface area contributed by atoms with Gasteiger partial charge in [0.1, 0.15) is 0 Å². The summed E-state index contributed by atoms with van der Waals surface area (Å²) in [6.45, 7) is 0.395. The summed E-state index contributed by atoms with van der Waals surface area (Å²) >= 11 is 0. The molecule has 0 atom stereocenters. The summed E-state index contributed by atoms with van der Waals surface area (Å²) in [4.78, 5) is 0. The number of benzene rings is 1. The second kappa shape index (κ2) is 4.08. The highest BCUT2D eigenvalue weighted by atomic mass is 32.2. The number of anilines is 1. The normalized spacial score (nSPS) is 18.8. The lowest BCUT2D eigenvalue weighted by molar-refractivity contribution is 0.426. The topological polar surface area (TPSA) is 77.8 Å². The monoisotopic (exact) mass is 241 g/mol. The largest absolute Gasteiger partial charge is 0.490 e. The van der Waals surface area contributed by atoms with Crippen LogP contribution >= 0.6 is 0 Å². The van der Waals surface area contributed by atoms with Gasteiger partial charge in [-0.05, 0) is 12.5 Å². The van der Waals surface area contributed by atoms with E-state index in [-0.39, 0.29) is 11.2 Å². The van der Waals surface area contributed by atoms with Crippen LogP contribution in [-0.4, -0.2) is 37.9 Å². The molecule has 1 fully saturated rings. The maximum atomic E-state index is 11.7. The highest BCUT2D eigenvalue weighted by molar-refractivity contribution is 7.93. The molecule has 0 radical (unpaired) electrons. The Morgan fingerprint density at radius 1 is 1.25 bits per heavy atom. The van der Waals surface area contributed by atoms with E-state index in [4.69, 9.17) is 10.0 Å². The van der Waals surface area contributed by atoms with Crippen molar-refractivity contribution < 1.29 is 18.5 Å². The number of sulfonamides is 1. The summed E-state index contributed by atoms with van der Waals surface area (Å²) in [6.07, 6.45) is 0.568. The van der Waals surface area contributed by atoms with Gasteiger partial charge in [0, 0.05) is 12.0 Å². The third-order valence-corrected chi connectivity index (χ3v) is 4.44. The van der Waals surface area contributed by atoms with Crippen LogP contribution in [0.15, 0.2) is 24.3 Å². The van der Waals surface area contributed by atoms with Crippen LogP contribution in [0.2, 0.25) is 0 Å². The predicted octanol–water partition coefficient (Wildman–Crippen LogP) is -1.09. The van der Waals surface area contributed by atoms with Crippen molar-refractivity contribution in [1.29, 1.82) is 0 Å². The van der Waals surface area contributed by atoms with Gasteiger partial charge in [-0.2, -0.15) is 0 Å². The Labute approximate surface area is 94.5 Å². The molecule has 5 nitrogen and oxygen atoms in total. The van der Waals surface area contributed by atoms with Crippen molar-refractivity contribution >= 4 is 28.3 Å². The Kier molecular flexibility index (Phi) is 2.92. The fourth-order valence-electron chi connectivity index (χ4n) is 1.84. The third kappa shape index (κ3) is 1.93. The Morgan fingerprint density at radius 3 is 2.50 bits per heavy atom. The Morgan fingerprint density at radius 2 is 1.94 bits per heavy atom. The SMILES string of the molecule is O=S1(=O)CCCN1c1ccccc1B(O)O. The zero-order valence-corrected chi connectivity index (χ0v) is 9.39. The van der Waals surface area contributed by atoms with E-state index in [0.29, 0.717) is 18.7 Å². The number of hydrogen-bond acceptors (Lipinski definition) is 4. The van der Waals surface area contributed by atoms with Crippen LogP contribution in [0.5, 0.6) is 0 Å². The summed E-state index contributed by atoms with van der Waals surface area (Å²) < 4.78 is 24.6. The molecule has 2 N–H and O–H groups in total. The van der Waals surface area contributed by atoms with Crippen LogP contribution in [0.1, 0.15) is 6.42 Å². The molecule has 86 valence electrons. The number of hydrogen-bond donors (Lipinski definition) is 2. The highest BCUT2D eigenvalue weighted by Crippen LogP contribution is 2.22. The first kappa shape index (κ1) is 11.4. The first-order valence-corrected chi connectivity index (χ1v) is 6.59. The molecule has 0 aliphatic carbocycles. The van der Waals surface area contributed by atoms with Crippen molar-refractivity contribution in [2.24, 2.45) is 0 Å². The van der Waals surface area contributed by atoms with E-state index in [1.165, 1.54) is 10.4 Å². The second-order valence-electron chi connectivity index (χ2n) is 3.67. The molecule has 0 spiro atoms. The molecule has 0 amide bonds. The van der Waals surface area contributed by atoms with E-state index in [1.54, 1.807) is 18.2 Å². The Bertz CT molecular complexity index is 488. The molecule has 0 saturated carbocycles. The van der Waals surface area contributed by atoms with Gasteiger partial charge in [-0.3, -0.25) is 4.31 Å². The molecular formula is C9H12BNO4S. The zero-order valence-electron chi connectivity index (χ0n) is 8.57. The minimum Gasteiger partial charge on any atom is -0.423 e. The summed E-state index contributed by atoms with van der Waals surface area (Å²) in [5.74, 6) is 0.114. The number of nitrogens with zero attached hydrogens (tertiary/aromatic N) is 1. The minimum absolute atomic E-state index is 0.114. The summed E-state index contributed by atoms with van der Waals surface area (Å²) in [7, 11) is -4.95. The molecule has 7 heteroatoms. The lowest BCUT2D eigenvalue weighted by Gasteiger charge is -2.20. The Balaban J connectivity index is 2.48. The van der Waals surface area contributed by atoms with Crippen molar-refractivity contribution in [2.75, 3.05) is 16.6 Å². The van der Waals surface area contributed by atoms with Crippen LogP contribution in [0.3, 0.4) is 0 Å². The van der Waals surface area contributed by atoms with Gasteiger partial charge in [0.25, 0.3) is 0 Å². The number of para-hydroxylation sites is 1. The average Bonchev–Trinajstić information content (AvgIpc) is 2.58. The van der Waals surface area contributed by atoms with Crippen molar-refractivity contribution in [3.05, 3.63) is 24.3 Å². The highest BCUT2D eigenvalue weighted by Gasteiger charge is 2.31. The average molecular weight is 241 g/mol. The van der Waals surface area contributed by atoms with Gasteiger partial charge < -0.3 is 10.0 Å². The van der Waals surface area contributed by atoms with E-state index >= 15 is 0 Å². The third-order valence-electron chi connectivity index (χ3n) is 2.58. The smallest absolute Gasteiger partial charge is 0.423 e. The van der Waals surface area contributed by atoms with E-state index in [1.807, 2.05) is 0 Å². The molecule has 16 heavy (non-hydrogen) atoms. The second-order valence-corrected chi connectivity index (χ2v) is 5.69. The van der Waals surface area contributed by atoms with E-state index in [9.17, 15) is 8.42 Å². The van der Waals surface area contributed by atoms with Crippen LogP contribution < -0.4 is 9.77 Å². The lowest BCUT2D eigenvalue weighted by atomic mass is 9.79. The fraction of sp³-hybridized carbons (Fsp3) is 0.333. The quantitative estimate of drug-likeness (QED) is 0.645. The molecule has 1 aliphatic rings. The molecule has 2 rings (SSSR count). The van der Waals surface area contributed by atoms with Gasteiger partial charge in [-0.15, -0.1) is 0 Å². The summed E-state index contributed by atoms with van der Waals surface area (Å²) in [5, 5.41) is 18.3. The van der Waals surface area contributed by atoms with Gasteiger partial charge in [0.2, 0.25) is 10.0 Å². The minimum atomic E-state index is -3.29. The molecule has 1 heterocycles. The fourth-order valence-corrected chi connectivity index (χ4v) is 3.43. The lowest BCUT2D eigenvalue weighted by Crippen LogP contribution is -2.37. The van der Waals surface area contributed by atoms with Crippen molar-refractivity contribution in [3.63, 3.8) is 0 Å². The Hall–Kier alpha value is -1.05. The van der Waals surface area contributed by atoms with E-state index in [0.717, 1.165) is 0 Å². The molecule has 0 aromatic heterocycles. The van der Waals surface area contributed by atoms with Gasteiger partial charge in [-0.1, -0.05) is 18.2 Å². The maximum Gasteiger partial charge on any atom is 0.490 e. The molecule has 1 aromatic rings. The molecule has 1 aromatic carbocycles. The predicted molar refractivity (Wildman–Crippen MR) is 62.0 cm³/mol. The van der Waals surface area contributed by atoms with Gasteiger partial charge in [-0.25, -0.2) is 8.42 Å². The first-order valence-electron chi connectivity index (χ1n) is 4.98. The molecule has 1 saturated heterocycles. The molecule has 0 bridgehead atoms. The van der Waals surface area contributed by atoms with Crippen LogP contribution in [0.4, 0.5) is 5.69 Å². The first-order chi connectivity index (χ1) is 7.52. The molecule has 1 aliphatic heterocycles. The zero-order chi connectivity index (χ0) is 11.8. The van der Waals surface area contributed by atoms with Crippen LogP contribution in [-0.2, 0) is 10.0 Å². The maximum absolute atomic E-state index is 11.7. The van der Waals surface area contributed by atoms with Crippen LogP contribution in [0, 0.1) is 0 Å². The number of rotatable bonds is 2. The van der Waals surface area contributed by atoms with Gasteiger partial charge in [0.05, 0.1) is 11.4 Å². The van der Waals surface area contributed by atoms with Crippen molar-refractivity contribution in [1.82, 2.24) is 0 Å². The summed E-state index contributed by atoms with van der Waals surface area (Å²) in [6, 6.07) is 6.40. The molecule has 0 unspecified atom stereocenters. The van der Waals surface area contributed by atoms with Gasteiger partial charge >= 0.3 is 7.12 Å². The van der Waals surface area contributed by atoms with Crippen molar-refractivity contribution in [3.8, 4) is 0 Å². The van der Waals surface area contributed by atoms with E-state index < -0.39 is 17.1 Å². The van der Waals surface area contributed by atoms with Gasteiger partial charge in [0.15, 0.2) is 0 Å².